The Bertz CT molecular complexity index is 640. The number of ketones is 2. The van der Waals surface area contributed by atoms with Crippen molar-refractivity contribution in [3.05, 3.63) is 0 Å². The molecule has 5 heteroatoms. The lowest BCUT2D eigenvalue weighted by molar-refractivity contribution is -0.156. The van der Waals surface area contributed by atoms with Gasteiger partial charge in [0.2, 0.25) is 0 Å². The van der Waals surface area contributed by atoms with Crippen molar-refractivity contribution in [3.63, 3.8) is 0 Å². The van der Waals surface area contributed by atoms with Crippen molar-refractivity contribution < 1.29 is 19.8 Å². The van der Waals surface area contributed by atoms with Crippen LogP contribution in [0.15, 0.2) is 0 Å². The molecule has 0 aromatic rings. The van der Waals surface area contributed by atoms with Crippen molar-refractivity contribution in [2.45, 2.75) is 231 Å². The molecule has 0 fully saturated rings. The van der Waals surface area contributed by atoms with Crippen LogP contribution in [-0.4, -0.2) is 39.4 Å². The highest BCUT2D eigenvalue weighted by Crippen LogP contribution is 2.22. The SMILES string of the molecule is CCCCCCCCCCCCCCCCCC(=O)C(O)C(O)(CCl)C(=O)CCCCCCCCCCCCCCCCC. The van der Waals surface area contributed by atoms with Crippen molar-refractivity contribution in [3.8, 4) is 0 Å². The van der Waals surface area contributed by atoms with Gasteiger partial charge in [-0.2, -0.15) is 0 Å². The Hall–Kier alpha value is -0.450. The molecule has 0 aliphatic heterocycles. The van der Waals surface area contributed by atoms with Crippen LogP contribution in [0.4, 0.5) is 0 Å². The molecular formula is C39H75ClO4. The average molecular weight is 643 g/mol. The first-order valence-electron chi connectivity index (χ1n) is 19.5. The summed E-state index contributed by atoms with van der Waals surface area (Å²) in [6.07, 6.45) is 36.0. The zero-order valence-electron chi connectivity index (χ0n) is 29.5. The van der Waals surface area contributed by atoms with Crippen LogP contribution in [0, 0.1) is 0 Å². The first-order chi connectivity index (χ1) is 21.4. The predicted octanol–water partition coefficient (Wildman–Crippen LogP) is 12.0. The Morgan fingerprint density at radius 1 is 0.477 bits per heavy atom. The molecule has 262 valence electrons. The van der Waals surface area contributed by atoms with Crippen molar-refractivity contribution in [1.29, 1.82) is 0 Å². The van der Waals surface area contributed by atoms with Gasteiger partial charge in [-0.25, -0.2) is 0 Å². The molecule has 0 amide bonds. The normalized spacial score (nSPS) is 13.7. The summed E-state index contributed by atoms with van der Waals surface area (Å²) in [5, 5.41) is 21.4. The first kappa shape index (κ1) is 43.5. The van der Waals surface area contributed by atoms with E-state index in [0.29, 0.717) is 12.8 Å². The Balaban J connectivity index is 3.79. The van der Waals surface area contributed by atoms with Crippen LogP contribution in [0.5, 0.6) is 0 Å². The molecule has 0 saturated heterocycles. The van der Waals surface area contributed by atoms with Crippen molar-refractivity contribution in [2.75, 3.05) is 5.88 Å². The Morgan fingerprint density at radius 3 is 1.00 bits per heavy atom. The van der Waals surface area contributed by atoms with Gasteiger partial charge in [0.05, 0.1) is 5.88 Å². The fourth-order valence-electron chi connectivity index (χ4n) is 6.25. The summed E-state index contributed by atoms with van der Waals surface area (Å²) in [4.78, 5) is 25.3. The van der Waals surface area contributed by atoms with Gasteiger partial charge in [0, 0.05) is 12.8 Å². The van der Waals surface area contributed by atoms with E-state index < -0.39 is 29.2 Å². The molecule has 0 aromatic carbocycles. The van der Waals surface area contributed by atoms with E-state index in [1.54, 1.807) is 0 Å². The Kier molecular flexibility index (Phi) is 32.2. The van der Waals surface area contributed by atoms with E-state index in [1.807, 2.05) is 0 Å². The highest BCUT2D eigenvalue weighted by atomic mass is 35.5. The number of alkyl halides is 1. The third kappa shape index (κ3) is 24.7. The number of carbonyl (C=O) groups is 2. The van der Waals surface area contributed by atoms with Crippen molar-refractivity contribution in [1.82, 2.24) is 0 Å². The molecule has 0 saturated carbocycles. The number of halogens is 1. The van der Waals surface area contributed by atoms with Crippen LogP contribution >= 0.6 is 11.6 Å². The summed E-state index contributed by atoms with van der Waals surface area (Å²) in [5.41, 5.74) is -2.16. The number of Topliss-reactive ketones (excluding diaryl/α,β-unsaturated/α-hetero) is 2. The maximum atomic E-state index is 12.7. The fraction of sp³-hybridized carbons (Fsp3) is 0.949. The van der Waals surface area contributed by atoms with E-state index in [4.69, 9.17) is 11.6 Å². The average Bonchev–Trinajstić information content (AvgIpc) is 3.03. The maximum Gasteiger partial charge on any atom is 0.169 e. The van der Waals surface area contributed by atoms with Crippen molar-refractivity contribution in [2.24, 2.45) is 0 Å². The number of hydrogen-bond acceptors (Lipinski definition) is 4. The van der Waals surface area contributed by atoms with Gasteiger partial charge in [-0.15, -0.1) is 11.6 Å². The van der Waals surface area contributed by atoms with Gasteiger partial charge in [0.15, 0.2) is 17.2 Å². The topological polar surface area (TPSA) is 74.6 Å². The largest absolute Gasteiger partial charge is 0.382 e. The molecule has 0 radical (unpaired) electrons. The van der Waals surface area contributed by atoms with Gasteiger partial charge >= 0.3 is 0 Å². The highest BCUT2D eigenvalue weighted by molar-refractivity contribution is 6.21. The van der Waals surface area contributed by atoms with Crippen LogP contribution in [0.3, 0.4) is 0 Å². The molecule has 0 aromatic heterocycles. The van der Waals surface area contributed by atoms with Gasteiger partial charge in [0.25, 0.3) is 0 Å². The molecule has 0 aliphatic rings. The smallest absolute Gasteiger partial charge is 0.169 e. The zero-order valence-corrected chi connectivity index (χ0v) is 30.3. The monoisotopic (exact) mass is 643 g/mol. The van der Waals surface area contributed by atoms with E-state index in [-0.39, 0.29) is 12.8 Å². The predicted molar refractivity (Wildman–Crippen MR) is 191 cm³/mol. The van der Waals surface area contributed by atoms with Gasteiger partial charge in [-0.3, -0.25) is 9.59 Å². The second-order valence-corrected chi connectivity index (χ2v) is 14.0. The number of aliphatic hydroxyl groups excluding tert-OH is 1. The third-order valence-corrected chi connectivity index (χ3v) is 9.89. The number of aliphatic hydroxyl groups is 2. The summed E-state index contributed by atoms with van der Waals surface area (Å²) in [6, 6.07) is 0. The quantitative estimate of drug-likeness (QED) is 0.0526. The summed E-state index contributed by atoms with van der Waals surface area (Å²) in [6.45, 7) is 4.53. The molecule has 2 unspecified atom stereocenters. The van der Waals surface area contributed by atoms with Crippen LogP contribution in [0.1, 0.15) is 219 Å². The summed E-state index contributed by atoms with van der Waals surface area (Å²) in [7, 11) is 0. The lowest BCUT2D eigenvalue weighted by Crippen LogP contribution is -2.54. The minimum absolute atomic E-state index is 0.158. The summed E-state index contributed by atoms with van der Waals surface area (Å²) >= 11 is 5.93. The van der Waals surface area contributed by atoms with E-state index in [0.717, 1.165) is 25.7 Å². The molecule has 44 heavy (non-hydrogen) atoms. The van der Waals surface area contributed by atoms with E-state index in [1.165, 1.54) is 154 Å². The molecular weight excluding hydrogens is 568 g/mol. The molecule has 0 spiro atoms. The molecule has 0 bridgehead atoms. The standard InChI is InChI=1S/C39H75ClO4/c1-3-5-7-9-11-13-15-17-19-21-23-25-27-29-31-33-36(41)38(43)39(44,35-40)37(42)34-32-30-28-26-24-22-20-18-16-14-12-10-8-6-4-2/h38,43-44H,3-35H2,1-2H3. The van der Waals surface area contributed by atoms with E-state index in [9.17, 15) is 19.8 Å². The van der Waals surface area contributed by atoms with Gasteiger partial charge < -0.3 is 10.2 Å². The minimum atomic E-state index is -2.16. The third-order valence-electron chi connectivity index (χ3n) is 9.48. The minimum Gasteiger partial charge on any atom is -0.382 e. The summed E-state index contributed by atoms with van der Waals surface area (Å²) < 4.78 is 0. The lowest BCUT2D eigenvalue weighted by Gasteiger charge is -2.28. The Labute approximate surface area is 279 Å². The molecule has 2 N–H and O–H groups in total. The first-order valence-corrected chi connectivity index (χ1v) is 20.0. The number of rotatable bonds is 36. The second kappa shape index (κ2) is 32.5. The Morgan fingerprint density at radius 2 is 0.727 bits per heavy atom. The van der Waals surface area contributed by atoms with Crippen LogP contribution in [-0.2, 0) is 9.59 Å². The van der Waals surface area contributed by atoms with Crippen LogP contribution in [0.25, 0.3) is 0 Å². The number of unbranched alkanes of at least 4 members (excludes halogenated alkanes) is 28. The molecule has 0 aliphatic carbocycles. The van der Waals surface area contributed by atoms with Gasteiger partial charge in [-0.1, -0.05) is 194 Å². The molecule has 4 nitrogen and oxygen atoms in total. The van der Waals surface area contributed by atoms with Crippen molar-refractivity contribution >= 4 is 23.2 Å². The van der Waals surface area contributed by atoms with E-state index in [2.05, 4.69) is 13.8 Å². The molecule has 0 heterocycles. The van der Waals surface area contributed by atoms with Crippen LogP contribution < -0.4 is 0 Å². The fourth-order valence-corrected chi connectivity index (χ4v) is 6.54. The maximum absolute atomic E-state index is 12.7. The number of hydrogen-bond donors (Lipinski definition) is 2. The molecule has 0 rings (SSSR count). The van der Waals surface area contributed by atoms with Crippen LogP contribution in [0.2, 0.25) is 0 Å². The zero-order chi connectivity index (χ0) is 32.6. The summed E-state index contributed by atoms with van der Waals surface area (Å²) in [5.74, 6) is -1.41. The lowest BCUT2D eigenvalue weighted by atomic mass is 9.86. The second-order valence-electron chi connectivity index (χ2n) is 13.7. The molecule has 2 atom stereocenters. The van der Waals surface area contributed by atoms with Gasteiger partial charge in [0.1, 0.15) is 6.10 Å². The van der Waals surface area contributed by atoms with Gasteiger partial charge in [-0.05, 0) is 12.8 Å². The number of carbonyl (C=O) groups excluding carboxylic acids is 2. The highest BCUT2D eigenvalue weighted by Gasteiger charge is 2.45. The van der Waals surface area contributed by atoms with E-state index >= 15 is 0 Å².